The molecule has 4 N–H and O–H groups in total. The maximum absolute atomic E-state index is 11.9. The zero-order valence-corrected chi connectivity index (χ0v) is 11.3. The van der Waals surface area contributed by atoms with Gasteiger partial charge in [0.25, 0.3) is 10.0 Å². The van der Waals surface area contributed by atoms with Gasteiger partial charge in [-0.3, -0.25) is 4.72 Å². The molecular formula is C11H11N3O3S2. The monoisotopic (exact) mass is 297 g/mol. The van der Waals surface area contributed by atoms with Gasteiger partial charge in [-0.25, -0.2) is 8.42 Å². The summed E-state index contributed by atoms with van der Waals surface area (Å²) in [6.45, 7) is 0. The summed E-state index contributed by atoms with van der Waals surface area (Å²) in [5, 5.41) is 13.1. The van der Waals surface area contributed by atoms with Crippen molar-refractivity contribution < 1.29 is 13.6 Å². The minimum Gasteiger partial charge on any atom is -0.409 e. The summed E-state index contributed by atoms with van der Waals surface area (Å²) in [5.41, 5.74) is 6.32. The molecule has 0 aliphatic heterocycles. The van der Waals surface area contributed by atoms with Crippen LogP contribution in [-0.4, -0.2) is 19.5 Å². The van der Waals surface area contributed by atoms with Crippen molar-refractivity contribution in [3.8, 4) is 0 Å². The predicted octanol–water partition coefficient (Wildman–Crippen LogP) is 1.64. The second-order valence-corrected chi connectivity index (χ2v) is 6.46. The minimum atomic E-state index is -3.55. The molecule has 8 heteroatoms. The Bertz CT molecular complexity index is 676. The quantitative estimate of drug-likeness (QED) is 0.345. The molecule has 0 bridgehead atoms. The third-order valence-electron chi connectivity index (χ3n) is 2.30. The number of hydrogen-bond acceptors (Lipinski definition) is 5. The van der Waals surface area contributed by atoms with Gasteiger partial charge in [-0.05, 0) is 35.7 Å². The molecule has 2 rings (SSSR count). The van der Waals surface area contributed by atoms with E-state index in [4.69, 9.17) is 10.9 Å². The van der Waals surface area contributed by atoms with Gasteiger partial charge < -0.3 is 10.9 Å². The minimum absolute atomic E-state index is 0.0346. The average Bonchev–Trinajstić information content (AvgIpc) is 2.93. The number of nitrogens with zero attached hydrogens (tertiary/aromatic N) is 1. The van der Waals surface area contributed by atoms with Crippen molar-refractivity contribution >= 4 is 32.9 Å². The molecule has 0 aliphatic carbocycles. The fourth-order valence-electron chi connectivity index (χ4n) is 1.39. The van der Waals surface area contributed by atoms with E-state index in [2.05, 4.69) is 9.88 Å². The number of oxime groups is 1. The number of hydrogen-bond donors (Lipinski definition) is 3. The third kappa shape index (κ3) is 3.04. The topological polar surface area (TPSA) is 105 Å². The summed E-state index contributed by atoms with van der Waals surface area (Å²) >= 11 is 1.14. The van der Waals surface area contributed by atoms with Crippen LogP contribution in [0.2, 0.25) is 0 Å². The molecule has 1 heterocycles. The Kier molecular flexibility index (Phi) is 3.72. The Balaban J connectivity index is 2.21. The summed E-state index contributed by atoms with van der Waals surface area (Å²) in [7, 11) is -3.55. The molecule has 0 fully saturated rings. The van der Waals surface area contributed by atoms with E-state index in [1.165, 1.54) is 6.07 Å². The Hall–Kier alpha value is -2.06. The zero-order chi connectivity index (χ0) is 13.9. The second kappa shape index (κ2) is 5.29. The highest BCUT2D eigenvalue weighted by molar-refractivity contribution is 7.94. The molecule has 6 nitrogen and oxygen atoms in total. The van der Waals surface area contributed by atoms with Crippen LogP contribution < -0.4 is 10.5 Å². The summed E-state index contributed by atoms with van der Waals surface area (Å²) in [4.78, 5) is 0. The van der Waals surface area contributed by atoms with Crippen LogP contribution in [0, 0.1) is 0 Å². The highest BCUT2D eigenvalue weighted by Crippen LogP contribution is 2.20. The maximum atomic E-state index is 11.9. The van der Waals surface area contributed by atoms with Crippen LogP contribution in [0.1, 0.15) is 5.56 Å². The molecule has 0 amide bonds. The lowest BCUT2D eigenvalue weighted by Gasteiger charge is -2.06. The molecule has 0 radical (unpaired) electrons. The third-order valence-corrected chi connectivity index (χ3v) is 5.08. The number of nitrogens with two attached hydrogens (primary N) is 1. The molecule has 0 aliphatic rings. The van der Waals surface area contributed by atoms with Crippen molar-refractivity contribution in [2.24, 2.45) is 10.9 Å². The predicted molar refractivity (Wildman–Crippen MR) is 74.1 cm³/mol. The Morgan fingerprint density at radius 1 is 1.26 bits per heavy atom. The second-order valence-electron chi connectivity index (χ2n) is 3.60. The lowest BCUT2D eigenvalue weighted by atomic mass is 10.2. The summed E-state index contributed by atoms with van der Waals surface area (Å²) in [6, 6.07) is 9.39. The number of amidine groups is 1. The maximum Gasteiger partial charge on any atom is 0.271 e. The molecule has 19 heavy (non-hydrogen) atoms. The van der Waals surface area contributed by atoms with Crippen LogP contribution in [0.5, 0.6) is 0 Å². The molecule has 0 saturated carbocycles. The van der Waals surface area contributed by atoms with E-state index in [-0.39, 0.29) is 10.0 Å². The summed E-state index contributed by atoms with van der Waals surface area (Å²) in [6.07, 6.45) is 0. The first-order chi connectivity index (χ1) is 9.03. The summed E-state index contributed by atoms with van der Waals surface area (Å²) < 4.78 is 26.6. The van der Waals surface area contributed by atoms with Gasteiger partial charge in [-0.2, -0.15) is 0 Å². The van der Waals surface area contributed by atoms with E-state index in [1.54, 1.807) is 35.7 Å². The number of nitrogens with one attached hydrogen (secondary N) is 1. The zero-order valence-electron chi connectivity index (χ0n) is 9.65. The van der Waals surface area contributed by atoms with Crippen LogP contribution in [-0.2, 0) is 10.0 Å². The van der Waals surface area contributed by atoms with Crippen LogP contribution in [0.15, 0.2) is 51.1 Å². The first-order valence-electron chi connectivity index (χ1n) is 5.17. The van der Waals surface area contributed by atoms with Crippen molar-refractivity contribution in [3.05, 3.63) is 47.3 Å². The largest absolute Gasteiger partial charge is 0.409 e. The lowest BCUT2D eigenvalue weighted by Crippen LogP contribution is -2.14. The van der Waals surface area contributed by atoms with Gasteiger partial charge in [0.1, 0.15) is 4.21 Å². The van der Waals surface area contributed by atoms with Gasteiger partial charge in [0.2, 0.25) is 0 Å². The first-order valence-corrected chi connectivity index (χ1v) is 7.53. The number of anilines is 1. The van der Waals surface area contributed by atoms with Gasteiger partial charge in [-0.1, -0.05) is 11.2 Å². The fraction of sp³-hybridized carbons (Fsp3) is 0. The molecule has 0 unspecified atom stereocenters. The van der Waals surface area contributed by atoms with Crippen molar-refractivity contribution in [3.63, 3.8) is 0 Å². The average molecular weight is 297 g/mol. The number of rotatable bonds is 4. The number of thiophene rings is 1. The van der Waals surface area contributed by atoms with Gasteiger partial charge >= 0.3 is 0 Å². The number of benzene rings is 1. The van der Waals surface area contributed by atoms with E-state index in [0.717, 1.165) is 11.3 Å². The SMILES string of the molecule is N/C(=N/O)c1ccc(NS(=O)(=O)c2cccs2)cc1. The molecule has 100 valence electrons. The van der Waals surface area contributed by atoms with Gasteiger partial charge in [0.05, 0.1) is 0 Å². The summed E-state index contributed by atoms with van der Waals surface area (Å²) in [5.74, 6) is -0.0346. The standard InChI is InChI=1S/C11H11N3O3S2/c12-11(13-15)8-3-5-9(6-4-8)14-19(16,17)10-2-1-7-18-10/h1-7,14-15H,(H2,12,13). The molecule has 2 aromatic rings. The van der Waals surface area contributed by atoms with E-state index < -0.39 is 10.0 Å². The molecule has 0 atom stereocenters. The van der Waals surface area contributed by atoms with E-state index in [1.807, 2.05) is 0 Å². The first kappa shape index (κ1) is 13.4. The lowest BCUT2D eigenvalue weighted by molar-refractivity contribution is 0.318. The van der Waals surface area contributed by atoms with E-state index >= 15 is 0 Å². The fourth-order valence-corrected chi connectivity index (χ4v) is 3.44. The molecule has 0 saturated heterocycles. The highest BCUT2D eigenvalue weighted by atomic mass is 32.2. The normalized spacial score (nSPS) is 12.3. The van der Waals surface area contributed by atoms with Crippen molar-refractivity contribution in [1.29, 1.82) is 0 Å². The Labute approximate surface area is 114 Å². The van der Waals surface area contributed by atoms with Crippen molar-refractivity contribution in [2.45, 2.75) is 4.21 Å². The van der Waals surface area contributed by atoms with Gasteiger partial charge in [0.15, 0.2) is 5.84 Å². The molecule has 1 aromatic heterocycles. The van der Waals surface area contributed by atoms with E-state index in [0.29, 0.717) is 11.3 Å². The molecule has 1 aromatic carbocycles. The number of sulfonamides is 1. The van der Waals surface area contributed by atoms with E-state index in [9.17, 15) is 8.42 Å². The smallest absolute Gasteiger partial charge is 0.271 e. The van der Waals surface area contributed by atoms with Gasteiger partial charge in [0, 0.05) is 11.3 Å². The van der Waals surface area contributed by atoms with Gasteiger partial charge in [-0.15, -0.1) is 11.3 Å². The van der Waals surface area contributed by atoms with Crippen LogP contribution >= 0.6 is 11.3 Å². The van der Waals surface area contributed by atoms with Crippen LogP contribution in [0.25, 0.3) is 0 Å². The highest BCUT2D eigenvalue weighted by Gasteiger charge is 2.14. The van der Waals surface area contributed by atoms with Crippen molar-refractivity contribution in [2.75, 3.05) is 4.72 Å². The van der Waals surface area contributed by atoms with Crippen LogP contribution in [0.3, 0.4) is 0 Å². The Morgan fingerprint density at radius 2 is 1.95 bits per heavy atom. The Morgan fingerprint density at radius 3 is 2.47 bits per heavy atom. The van der Waals surface area contributed by atoms with Crippen molar-refractivity contribution in [1.82, 2.24) is 0 Å². The van der Waals surface area contributed by atoms with Crippen LogP contribution in [0.4, 0.5) is 5.69 Å². The molecule has 0 spiro atoms. The molecular weight excluding hydrogens is 286 g/mol.